The lowest BCUT2D eigenvalue weighted by molar-refractivity contribution is -0.138. The van der Waals surface area contributed by atoms with Crippen LogP contribution in [0.4, 0.5) is 0 Å². The summed E-state index contributed by atoms with van der Waals surface area (Å²) >= 11 is 0. The van der Waals surface area contributed by atoms with Crippen LogP contribution in [0.1, 0.15) is 24.0 Å². The lowest BCUT2D eigenvalue weighted by Gasteiger charge is -2.15. The standard InChI is InChI=1S/C13H18N2O2/c1-10-4-12(7-14-6-10)9-15-3-2-11(8-15)5-13(16)17/h4,6-7,11H,2-3,5,8-9H2,1H3,(H,16,17). The maximum atomic E-state index is 10.6. The van der Waals surface area contributed by atoms with Crippen LogP contribution in [0.5, 0.6) is 0 Å². The molecule has 0 spiro atoms. The van der Waals surface area contributed by atoms with Gasteiger partial charge in [-0.05, 0) is 36.9 Å². The fourth-order valence-corrected chi connectivity index (χ4v) is 2.43. The van der Waals surface area contributed by atoms with E-state index in [9.17, 15) is 4.79 Å². The van der Waals surface area contributed by atoms with Gasteiger partial charge in [0.15, 0.2) is 0 Å². The van der Waals surface area contributed by atoms with Crippen LogP contribution in [0.3, 0.4) is 0 Å². The molecule has 4 heteroatoms. The molecule has 4 nitrogen and oxygen atoms in total. The Morgan fingerprint density at radius 2 is 2.41 bits per heavy atom. The van der Waals surface area contributed by atoms with Crippen molar-refractivity contribution in [2.45, 2.75) is 26.3 Å². The van der Waals surface area contributed by atoms with E-state index in [1.807, 2.05) is 19.3 Å². The van der Waals surface area contributed by atoms with Crippen molar-refractivity contribution in [1.29, 1.82) is 0 Å². The summed E-state index contributed by atoms with van der Waals surface area (Å²) in [5.41, 5.74) is 2.38. The van der Waals surface area contributed by atoms with Gasteiger partial charge in [-0.2, -0.15) is 0 Å². The number of aryl methyl sites for hydroxylation is 1. The molecular formula is C13H18N2O2. The number of aromatic nitrogens is 1. The average Bonchev–Trinajstić information content (AvgIpc) is 2.64. The molecule has 1 fully saturated rings. The summed E-state index contributed by atoms with van der Waals surface area (Å²) in [6, 6.07) is 2.14. The first kappa shape index (κ1) is 12.0. The highest BCUT2D eigenvalue weighted by atomic mass is 16.4. The number of carboxylic acid groups (broad SMARTS) is 1. The van der Waals surface area contributed by atoms with Gasteiger partial charge in [0.25, 0.3) is 0 Å². The van der Waals surface area contributed by atoms with E-state index >= 15 is 0 Å². The third-order valence-electron chi connectivity index (χ3n) is 3.17. The zero-order chi connectivity index (χ0) is 12.3. The minimum absolute atomic E-state index is 0.294. The third kappa shape index (κ3) is 3.53. The molecule has 0 bridgehead atoms. The molecule has 2 rings (SSSR count). The lowest BCUT2D eigenvalue weighted by atomic mass is 10.1. The van der Waals surface area contributed by atoms with Crippen molar-refractivity contribution in [2.24, 2.45) is 5.92 Å². The van der Waals surface area contributed by atoms with Crippen LogP contribution in [-0.2, 0) is 11.3 Å². The number of nitrogens with zero attached hydrogens (tertiary/aromatic N) is 2. The fraction of sp³-hybridized carbons (Fsp3) is 0.538. The molecule has 0 aromatic carbocycles. The molecule has 1 saturated heterocycles. The molecule has 1 aromatic rings. The largest absolute Gasteiger partial charge is 0.481 e. The van der Waals surface area contributed by atoms with Crippen LogP contribution >= 0.6 is 0 Å². The van der Waals surface area contributed by atoms with Crippen molar-refractivity contribution >= 4 is 5.97 Å². The van der Waals surface area contributed by atoms with Crippen molar-refractivity contribution < 1.29 is 9.90 Å². The van der Waals surface area contributed by atoms with Crippen molar-refractivity contribution in [2.75, 3.05) is 13.1 Å². The smallest absolute Gasteiger partial charge is 0.303 e. The number of rotatable bonds is 4. The quantitative estimate of drug-likeness (QED) is 0.861. The summed E-state index contributed by atoms with van der Waals surface area (Å²) in [6.07, 6.45) is 5.02. The number of likely N-dealkylation sites (tertiary alicyclic amines) is 1. The third-order valence-corrected chi connectivity index (χ3v) is 3.17. The Labute approximate surface area is 101 Å². The van der Waals surface area contributed by atoms with Gasteiger partial charge in [0, 0.05) is 31.9 Å². The molecule has 1 atom stereocenters. The molecule has 0 aliphatic carbocycles. The van der Waals surface area contributed by atoms with Gasteiger partial charge in [-0.3, -0.25) is 14.7 Å². The molecule has 92 valence electrons. The first-order valence-electron chi connectivity index (χ1n) is 5.98. The van der Waals surface area contributed by atoms with Gasteiger partial charge in [0.2, 0.25) is 0 Å². The van der Waals surface area contributed by atoms with E-state index in [2.05, 4.69) is 16.0 Å². The number of hydrogen-bond acceptors (Lipinski definition) is 3. The number of carbonyl (C=O) groups is 1. The molecular weight excluding hydrogens is 216 g/mol. The topological polar surface area (TPSA) is 53.4 Å². The van der Waals surface area contributed by atoms with Crippen LogP contribution in [0.15, 0.2) is 18.5 Å². The maximum absolute atomic E-state index is 10.6. The van der Waals surface area contributed by atoms with Crippen LogP contribution in [0.25, 0.3) is 0 Å². The van der Waals surface area contributed by atoms with Crippen LogP contribution in [0, 0.1) is 12.8 Å². The molecule has 17 heavy (non-hydrogen) atoms. The maximum Gasteiger partial charge on any atom is 0.303 e. The van der Waals surface area contributed by atoms with E-state index in [1.165, 1.54) is 11.1 Å². The first-order chi connectivity index (χ1) is 8.13. The van der Waals surface area contributed by atoms with Crippen LogP contribution in [-0.4, -0.2) is 34.0 Å². The van der Waals surface area contributed by atoms with Crippen LogP contribution < -0.4 is 0 Å². The highest BCUT2D eigenvalue weighted by Crippen LogP contribution is 2.21. The predicted molar refractivity (Wildman–Crippen MR) is 64.6 cm³/mol. The Morgan fingerprint density at radius 1 is 1.59 bits per heavy atom. The Morgan fingerprint density at radius 3 is 3.12 bits per heavy atom. The van der Waals surface area contributed by atoms with Crippen molar-refractivity contribution in [1.82, 2.24) is 9.88 Å². The SMILES string of the molecule is Cc1cncc(CN2CCC(CC(=O)O)C2)c1. The number of aliphatic carboxylic acids is 1. The van der Waals surface area contributed by atoms with Gasteiger partial charge in [-0.1, -0.05) is 6.07 Å². The van der Waals surface area contributed by atoms with E-state index in [0.29, 0.717) is 12.3 Å². The Balaban J connectivity index is 1.87. The fourth-order valence-electron chi connectivity index (χ4n) is 2.43. The molecule has 1 aromatic heterocycles. The van der Waals surface area contributed by atoms with E-state index in [0.717, 1.165) is 26.1 Å². The number of pyridine rings is 1. The van der Waals surface area contributed by atoms with Gasteiger partial charge >= 0.3 is 5.97 Å². The lowest BCUT2D eigenvalue weighted by Crippen LogP contribution is -2.21. The number of carboxylic acids is 1. The normalized spacial score (nSPS) is 20.6. The van der Waals surface area contributed by atoms with E-state index < -0.39 is 5.97 Å². The highest BCUT2D eigenvalue weighted by molar-refractivity contribution is 5.67. The molecule has 0 amide bonds. The van der Waals surface area contributed by atoms with Gasteiger partial charge in [-0.25, -0.2) is 0 Å². The Kier molecular flexibility index (Phi) is 3.74. The number of hydrogen-bond donors (Lipinski definition) is 1. The van der Waals surface area contributed by atoms with Crippen LogP contribution in [0.2, 0.25) is 0 Å². The Hall–Kier alpha value is -1.42. The second-order valence-electron chi connectivity index (χ2n) is 4.86. The van der Waals surface area contributed by atoms with Gasteiger partial charge in [0.1, 0.15) is 0 Å². The molecule has 2 heterocycles. The van der Waals surface area contributed by atoms with E-state index in [4.69, 9.17) is 5.11 Å². The van der Waals surface area contributed by atoms with Gasteiger partial charge in [0.05, 0.1) is 0 Å². The second kappa shape index (κ2) is 5.27. The molecule has 1 unspecified atom stereocenters. The van der Waals surface area contributed by atoms with Crippen molar-refractivity contribution in [3.05, 3.63) is 29.6 Å². The zero-order valence-corrected chi connectivity index (χ0v) is 10.1. The van der Waals surface area contributed by atoms with E-state index in [-0.39, 0.29) is 0 Å². The zero-order valence-electron chi connectivity index (χ0n) is 10.1. The first-order valence-corrected chi connectivity index (χ1v) is 5.98. The van der Waals surface area contributed by atoms with Crippen molar-refractivity contribution in [3.8, 4) is 0 Å². The van der Waals surface area contributed by atoms with Crippen molar-refractivity contribution in [3.63, 3.8) is 0 Å². The summed E-state index contributed by atoms with van der Waals surface area (Å²) in [4.78, 5) is 17.1. The molecule has 1 aliphatic heterocycles. The Bertz CT molecular complexity index is 406. The summed E-state index contributed by atoms with van der Waals surface area (Å²) in [5, 5.41) is 8.76. The summed E-state index contributed by atoms with van der Waals surface area (Å²) in [5.74, 6) is -0.376. The molecule has 1 aliphatic rings. The highest BCUT2D eigenvalue weighted by Gasteiger charge is 2.24. The second-order valence-corrected chi connectivity index (χ2v) is 4.86. The van der Waals surface area contributed by atoms with Gasteiger partial charge in [-0.15, -0.1) is 0 Å². The van der Waals surface area contributed by atoms with E-state index in [1.54, 1.807) is 0 Å². The summed E-state index contributed by atoms with van der Waals surface area (Å²) in [6.45, 7) is 4.80. The van der Waals surface area contributed by atoms with Gasteiger partial charge < -0.3 is 5.11 Å². The predicted octanol–water partition coefficient (Wildman–Crippen LogP) is 1.69. The average molecular weight is 234 g/mol. The summed E-state index contributed by atoms with van der Waals surface area (Å²) < 4.78 is 0. The monoisotopic (exact) mass is 234 g/mol. The minimum Gasteiger partial charge on any atom is -0.481 e. The molecule has 0 saturated carbocycles. The summed E-state index contributed by atoms with van der Waals surface area (Å²) in [7, 11) is 0. The minimum atomic E-state index is -0.686. The molecule has 0 radical (unpaired) electrons. The molecule has 1 N–H and O–H groups in total.